The number of rotatable bonds is 33. The van der Waals surface area contributed by atoms with Gasteiger partial charge in [-0.05, 0) is 141 Å². The van der Waals surface area contributed by atoms with Gasteiger partial charge in [-0.1, -0.05) is 255 Å². The number of hydrogen-bond donors (Lipinski definition) is 0. The van der Waals surface area contributed by atoms with E-state index in [0.717, 1.165) is 24.7 Å². The summed E-state index contributed by atoms with van der Waals surface area (Å²) in [5, 5.41) is 2.88. The molecule has 390 valence electrons. The first-order valence-corrected chi connectivity index (χ1v) is 32.0. The maximum Gasteiger partial charge on any atom is 0.0676 e. The van der Waals surface area contributed by atoms with Crippen molar-refractivity contribution < 1.29 is 0 Å². The number of nitrogens with zero attached hydrogens (tertiary/aromatic N) is 2. The lowest BCUT2D eigenvalue weighted by Gasteiger charge is -2.24. The Kier molecular flexibility index (Phi) is 22.9. The van der Waals surface area contributed by atoms with E-state index < -0.39 is 0 Å². The molecule has 0 bridgehead atoms. The van der Waals surface area contributed by atoms with Gasteiger partial charge in [-0.2, -0.15) is 0 Å². The minimum Gasteiger partial charge on any atom is -0.312 e. The second-order valence-corrected chi connectivity index (χ2v) is 24.6. The standard InChI is InChI=1S/C68H94Br2N2/c1-3-5-7-9-11-13-15-17-19-21-23-25-27-29-33-53-39-49-65-61(51-53)59-35-31-37-63(69)67(59)71(65)57-45-41-55(42-46-57)56-43-47-58(48-44-56)72-66-50-40-54(52-62(66)60-36-32-38-64(70)68(60)72)34-30-28-26-24-22-20-18-16-14-12-10-8-6-4-2/h31-32,35-38,41-48,53-54H,3-30,33-34,39-40,49-52H2,1-2H3. The zero-order valence-electron chi connectivity index (χ0n) is 45.3. The molecule has 4 heteroatoms. The largest absolute Gasteiger partial charge is 0.312 e. The molecule has 0 amide bonds. The Bertz CT molecular complexity index is 2330. The lowest BCUT2D eigenvalue weighted by molar-refractivity contribution is 0.401. The summed E-state index contributed by atoms with van der Waals surface area (Å²) in [6, 6.07) is 32.6. The highest BCUT2D eigenvalue weighted by Gasteiger charge is 2.28. The smallest absolute Gasteiger partial charge is 0.0676 e. The van der Waals surface area contributed by atoms with Crippen LogP contribution in [-0.2, 0) is 25.7 Å². The van der Waals surface area contributed by atoms with Crippen LogP contribution in [0.4, 0.5) is 0 Å². The number of aromatic nitrogens is 2. The molecule has 0 radical (unpaired) electrons. The van der Waals surface area contributed by atoms with E-state index >= 15 is 0 Å². The number of fused-ring (bicyclic) bond motifs is 6. The number of benzene rings is 4. The normalized spacial score (nSPS) is 15.7. The van der Waals surface area contributed by atoms with Crippen LogP contribution in [-0.4, -0.2) is 9.13 Å². The van der Waals surface area contributed by atoms with Gasteiger partial charge in [0.05, 0.1) is 11.0 Å². The zero-order chi connectivity index (χ0) is 49.7. The average Bonchev–Trinajstić information content (AvgIpc) is 3.92. The van der Waals surface area contributed by atoms with Gasteiger partial charge in [0.15, 0.2) is 0 Å². The van der Waals surface area contributed by atoms with Gasteiger partial charge in [0.2, 0.25) is 0 Å². The summed E-state index contributed by atoms with van der Waals surface area (Å²) in [5.74, 6) is 1.60. The summed E-state index contributed by atoms with van der Waals surface area (Å²) >= 11 is 8.02. The molecule has 72 heavy (non-hydrogen) atoms. The van der Waals surface area contributed by atoms with Crippen LogP contribution in [0.3, 0.4) is 0 Å². The average molecular weight is 1100 g/mol. The maximum atomic E-state index is 4.01. The quantitative estimate of drug-likeness (QED) is 0.0364. The number of halogens is 2. The lowest BCUT2D eigenvalue weighted by Crippen LogP contribution is -2.16. The van der Waals surface area contributed by atoms with Gasteiger partial charge in [0.25, 0.3) is 0 Å². The molecule has 0 aliphatic heterocycles. The first-order valence-electron chi connectivity index (χ1n) is 30.4. The van der Waals surface area contributed by atoms with Gasteiger partial charge >= 0.3 is 0 Å². The maximum absolute atomic E-state index is 4.01. The fraction of sp³-hybridized carbons (Fsp3) is 0.588. The molecule has 0 saturated carbocycles. The van der Waals surface area contributed by atoms with Crippen molar-refractivity contribution in [3.63, 3.8) is 0 Å². The highest BCUT2D eigenvalue weighted by molar-refractivity contribution is 9.11. The third-order valence-corrected chi connectivity index (χ3v) is 18.7. The van der Waals surface area contributed by atoms with Crippen LogP contribution in [0.1, 0.15) is 242 Å². The summed E-state index contributed by atoms with van der Waals surface area (Å²) in [7, 11) is 0. The number of para-hydroxylation sites is 2. The third-order valence-electron chi connectivity index (χ3n) is 17.4. The third kappa shape index (κ3) is 15.1. The minimum absolute atomic E-state index is 0.801. The second-order valence-electron chi connectivity index (χ2n) is 22.9. The van der Waals surface area contributed by atoms with E-state index in [-0.39, 0.29) is 0 Å². The van der Waals surface area contributed by atoms with Gasteiger partial charge in [0.1, 0.15) is 0 Å². The molecule has 8 rings (SSSR count). The van der Waals surface area contributed by atoms with Crippen LogP contribution >= 0.6 is 31.9 Å². The lowest BCUT2D eigenvalue weighted by atomic mass is 9.83. The van der Waals surface area contributed by atoms with Crippen LogP contribution in [0.15, 0.2) is 93.9 Å². The van der Waals surface area contributed by atoms with E-state index in [1.165, 1.54) is 283 Å². The highest BCUT2D eigenvalue weighted by Crippen LogP contribution is 2.43. The van der Waals surface area contributed by atoms with E-state index in [2.05, 4.69) is 140 Å². The van der Waals surface area contributed by atoms with Crippen LogP contribution in [0, 0.1) is 11.8 Å². The van der Waals surface area contributed by atoms with E-state index in [1.807, 2.05) is 0 Å². The summed E-state index contributed by atoms with van der Waals surface area (Å²) in [4.78, 5) is 0. The van der Waals surface area contributed by atoms with Gasteiger partial charge < -0.3 is 9.13 Å². The SMILES string of the molecule is CCCCCCCCCCCCCCCCC1CCc2c(c3cccc(Br)c3n2-c2ccc(-c3ccc(-n4c5c(c6cccc(Br)c64)CC(CCCCCCCCCCCCCCCC)CC5)cc3)cc2)C1. The van der Waals surface area contributed by atoms with E-state index in [1.54, 1.807) is 11.1 Å². The molecule has 2 atom stereocenters. The van der Waals surface area contributed by atoms with Crippen molar-refractivity contribution in [1.82, 2.24) is 9.13 Å². The summed E-state index contributed by atoms with van der Waals surface area (Å²) in [5.41, 5.74) is 14.0. The Morgan fingerprint density at radius 3 is 1.00 bits per heavy atom. The monoisotopic (exact) mass is 1100 g/mol. The number of unbranched alkanes of at least 4 members (excludes halogenated alkanes) is 26. The molecular formula is C68H94Br2N2. The fourth-order valence-corrected chi connectivity index (χ4v) is 14.3. The molecule has 2 nitrogen and oxygen atoms in total. The van der Waals surface area contributed by atoms with Crippen molar-refractivity contribution in [1.29, 1.82) is 0 Å². The molecule has 4 aromatic carbocycles. The molecule has 2 aliphatic carbocycles. The second kappa shape index (κ2) is 29.9. The van der Waals surface area contributed by atoms with E-state index in [9.17, 15) is 0 Å². The first-order chi connectivity index (χ1) is 35.6. The molecule has 0 spiro atoms. The van der Waals surface area contributed by atoms with Crippen molar-refractivity contribution in [3.05, 3.63) is 116 Å². The van der Waals surface area contributed by atoms with E-state index in [4.69, 9.17) is 0 Å². The van der Waals surface area contributed by atoms with Crippen molar-refractivity contribution in [2.75, 3.05) is 0 Å². The molecule has 2 aliphatic rings. The molecular weight excluding hydrogens is 1000 g/mol. The first kappa shape index (κ1) is 55.2. The fourth-order valence-electron chi connectivity index (χ4n) is 13.2. The molecule has 0 saturated heterocycles. The van der Waals surface area contributed by atoms with Crippen molar-refractivity contribution in [2.24, 2.45) is 11.8 Å². The molecule has 0 N–H and O–H groups in total. The van der Waals surface area contributed by atoms with Crippen molar-refractivity contribution in [3.8, 4) is 22.5 Å². The molecule has 6 aromatic rings. The summed E-state index contributed by atoms with van der Waals surface area (Å²) < 4.78 is 7.58. The Morgan fingerprint density at radius 2 is 0.681 bits per heavy atom. The molecule has 2 unspecified atom stereocenters. The summed E-state index contributed by atoms with van der Waals surface area (Å²) in [6.45, 7) is 4.62. The van der Waals surface area contributed by atoms with E-state index in [0.29, 0.717) is 0 Å². The predicted octanol–water partition coefficient (Wildman–Crippen LogP) is 22.7. The van der Waals surface area contributed by atoms with Crippen LogP contribution in [0.5, 0.6) is 0 Å². The Balaban J connectivity index is 0.829. The van der Waals surface area contributed by atoms with Gasteiger partial charge in [-0.15, -0.1) is 0 Å². The number of hydrogen-bond acceptors (Lipinski definition) is 0. The highest BCUT2D eigenvalue weighted by atomic mass is 79.9. The Labute approximate surface area is 455 Å². The predicted molar refractivity (Wildman–Crippen MR) is 322 cm³/mol. The van der Waals surface area contributed by atoms with Gasteiger partial charge in [-0.3, -0.25) is 0 Å². The van der Waals surface area contributed by atoms with Gasteiger partial charge in [0, 0.05) is 42.5 Å². The van der Waals surface area contributed by atoms with Crippen molar-refractivity contribution >= 4 is 53.7 Å². The van der Waals surface area contributed by atoms with Crippen LogP contribution in [0.2, 0.25) is 0 Å². The molecule has 2 heterocycles. The summed E-state index contributed by atoms with van der Waals surface area (Å²) in [6.07, 6.45) is 50.2. The Morgan fingerprint density at radius 1 is 0.375 bits per heavy atom. The topological polar surface area (TPSA) is 9.86 Å². The Hall–Kier alpha value is -3.08. The zero-order valence-corrected chi connectivity index (χ0v) is 48.5. The van der Waals surface area contributed by atoms with Gasteiger partial charge in [-0.25, -0.2) is 0 Å². The molecule has 0 fully saturated rings. The molecule has 2 aromatic heterocycles. The van der Waals surface area contributed by atoms with Crippen LogP contribution in [0.25, 0.3) is 44.3 Å². The van der Waals surface area contributed by atoms with Crippen molar-refractivity contribution in [2.45, 2.75) is 245 Å². The van der Waals surface area contributed by atoms with Crippen LogP contribution < -0.4 is 0 Å². The minimum atomic E-state index is 0.801.